The summed E-state index contributed by atoms with van der Waals surface area (Å²) >= 11 is 1.33. The van der Waals surface area contributed by atoms with Crippen molar-refractivity contribution in [1.29, 1.82) is 0 Å². The Bertz CT molecular complexity index is 1290. The third kappa shape index (κ3) is 5.79. The zero-order valence-electron chi connectivity index (χ0n) is 18.1. The van der Waals surface area contributed by atoms with Crippen molar-refractivity contribution in [3.8, 4) is 16.3 Å². The summed E-state index contributed by atoms with van der Waals surface area (Å²) in [6.07, 6.45) is -1.27. The summed E-state index contributed by atoms with van der Waals surface area (Å²) < 4.78 is 41.4. The lowest BCUT2D eigenvalue weighted by atomic mass is 10.0. The first-order valence-electron chi connectivity index (χ1n) is 10.2. The highest BCUT2D eigenvalue weighted by Crippen LogP contribution is 2.32. The molecule has 2 N–H and O–H groups in total. The molecule has 0 saturated heterocycles. The molecule has 0 aliphatic rings. The predicted octanol–water partition coefficient (Wildman–Crippen LogP) is 5.33. The van der Waals surface area contributed by atoms with Crippen LogP contribution in [0.1, 0.15) is 25.5 Å². The fourth-order valence-corrected chi connectivity index (χ4v) is 4.30. The Balaban J connectivity index is 1.58. The summed E-state index contributed by atoms with van der Waals surface area (Å²) in [4.78, 5) is 15.7. The fraction of sp³-hybridized carbons (Fsp3) is 0.217. The van der Waals surface area contributed by atoms with Crippen LogP contribution in [-0.4, -0.2) is 33.5 Å². The number of alkyl halides is 3. The highest BCUT2D eigenvalue weighted by Gasteiger charge is 2.31. The van der Waals surface area contributed by atoms with E-state index < -0.39 is 18.4 Å². The van der Waals surface area contributed by atoms with Gasteiger partial charge in [-0.2, -0.15) is 0 Å². The molecule has 2 atom stereocenters. The lowest BCUT2D eigenvalue weighted by Gasteiger charge is -2.26. The van der Waals surface area contributed by atoms with Gasteiger partial charge in [-0.3, -0.25) is 9.78 Å². The Hall–Kier alpha value is -3.73. The van der Waals surface area contributed by atoms with Crippen molar-refractivity contribution >= 4 is 33.1 Å². The van der Waals surface area contributed by atoms with Crippen molar-refractivity contribution in [2.75, 3.05) is 5.32 Å². The van der Waals surface area contributed by atoms with Gasteiger partial charge in [-0.05, 0) is 42.1 Å². The number of nitrogens with one attached hydrogen (secondary N) is 2. The van der Waals surface area contributed by atoms with E-state index in [0.29, 0.717) is 15.7 Å². The standard InChI is InChI=1S/C23H20F3N5O2S/c1-13(28-14(2)32)20(15-5-7-19(8-6-15)33-23(24,25)26)29-22-31-30-21(34-22)17-3-4-18-12-27-10-9-16(18)11-17/h3-13,20H,1-2H3,(H,28,32)(H,29,31). The second kappa shape index (κ2) is 9.64. The molecule has 0 bridgehead atoms. The molecule has 7 nitrogen and oxygen atoms in total. The molecule has 2 heterocycles. The number of carbonyl (C=O) groups excluding carboxylic acids is 1. The lowest BCUT2D eigenvalue weighted by Crippen LogP contribution is -2.38. The van der Waals surface area contributed by atoms with E-state index in [1.807, 2.05) is 24.3 Å². The van der Waals surface area contributed by atoms with Gasteiger partial charge in [0.2, 0.25) is 11.0 Å². The molecule has 2 aromatic carbocycles. The van der Waals surface area contributed by atoms with Crippen molar-refractivity contribution in [3.63, 3.8) is 0 Å². The largest absolute Gasteiger partial charge is 0.573 e. The zero-order chi connectivity index (χ0) is 24.3. The highest BCUT2D eigenvalue weighted by atomic mass is 32.1. The summed E-state index contributed by atoms with van der Waals surface area (Å²) in [7, 11) is 0. The van der Waals surface area contributed by atoms with Crippen LogP contribution < -0.4 is 15.4 Å². The molecule has 0 spiro atoms. The Kier molecular flexibility index (Phi) is 6.64. The van der Waals surface area contributed by atoms with Crippen LogP contribution in [0.25, 0.3) is 21.3 Å². The number of ether oxygens (including phenoxy) is 1. The number of nitrogens with zero attached hydrogens (tertiary/aromatic N) is 3. The molecule has 0 aliphatic heterocycles. The van der Waals surface area contributed by atoms with Gasteiger partial charge in [-0.25, -0.2) is 0 Å². The quantitative estimate of drug-likeness (QED) is 0.366. The number of hydrogen-bond acceptors (Lipinski definition) is 7. The van der Waals surface area contributed by atoms with Gasteiger partial charge in [-0.15, -0.1) is 23.4 Å². The van der Waals surface area contributed by atoms with E-state index in [-0.39, 0.29) is 11.7 Å². The normalized spacial score (nSPS) is 13.3. The Morgan fingerprint density at radius 3 is 2.53 bits per heavy atom. The topological polar surface area (TPSA) is 89.0 Å². The molecule has 176 valence electrons. The maximum atomic E-state index is 12.5. The smallest absolute Gasteiger partial charge is 0.406 e. The van der Waals surface area contributed by atoms with Crippen molar-refractivity contribution in [2.45, 2.75) is 32.3 Å². The number of carbonyl (C=O) groups is 1. The maximum Gasteiger partial charge on any atom is 0.573 e. The molecular formula is C23H20F3N5O2S. The number of hydrogen-bond donors (Lipinski definition) is 2. The average Bonchev–Trinajstić information content (AvgIpc) is 3.25. The Morgan fingerprint density at radius 2 is 1.82 bits per heavy atom. The molecule has 0 aliphatic carbocycles. The Morgan fingerprint density at radius 1 is 1.06 bits per heavy atom. The van der Waals surface area contributed by atoms with Crippen LogP contribution in [0.2, 0.25) is 0 Å². The van der Waals surface area contributed by atoms with Crippen LogP contribution in [0.15, 0.2) is 60.9 Å². The number of rotatable bonds is 7. The van der Waals surface area contributed by atoms with Gasteiger partial charge in [0.15, 0.2) is 0 Å². The van der Waals surface area contributed by atoms with Gasteiger partial charge < -0.3 is 15.4 Å². The van der Waals surface area contributed by atoms with Gasteiger partial charge in [0, 0.05) is 30.3 Å². The van der Waals surface area contributed by atoms with Crippen LogP contribution >= 0.6 is 11.3 Å². The molecule has 34 heavy (non-hydrogen) atoms. The molecular weight excluding hydrogens is 467 g/mol. The number of pyridine rings is 1. The minimum atomic E-state index is -4.77. The molecule has 4 rings (SSSR count). The van der Waals surface area contributed by atoms with Gasteiger partial charge >= 0.3 is 6.36 Å². The molecule has 0 saturated carbocycles. The zero-order valence-corrected chi connectivity index (χ0v) is 18.9. The van der Waals surface area contributed by atoms with Gasteiger partial charge in [0.25, 0.3) is 0 Å². The third-order valence-electron chi connectivity index (χ3n) is 5.00. The number of aromatic nitrogens is 3. The van der Waals surface area contributed by atoms with E-state index in [1.54, 1.807) is 19.3 Å². The van der Waals surface area contributed by atoms with Crippen LogP contribution in [0, 0.1) is 0 Å². The van der Waals surface area contributed by atoms with Crippen molar-refractivity contribution in [1.82, 2.24) is 20.5 Å². The van der Waals surface area contributed by atoms with Crippen LogP contribution in [0.3, 0.4) is 0 Å². The van der Waals surface area contributed by atoms with Crippen molar-refractivity contribution < 1.29 is 22.7 Å². The summed E-state index contributed by atoms with van der Waals surface area (Å²) in [5, 5.41) is 17.8. The number of fused-ring (bicyclic) bond motifs is 1. The number of anilines is 1. The fourth-order valence-electron chi connectivity index (χ4n) is 3.53. The number of halogens is 3. The van der Waals surface area contributed by atoms with Crippen molar-refractivity contribution in [3.05, 3.63) is 66.5 Å². The van der Waals surface area contributed by atoms with E-state index in [9.17, 15) is 18.0 Å². The summed E-state index contributed by atoms with van der Waals surface area (Å²) in [5.41, 5.74) is 1.54. The molecule has 2 unspecified atom stereocenters. The lowest BCUT2D eigenvalue weighted by molar-refractivity contribution is -0.274. The van der Waals surface area contributed by atoms with Crippen LogP contribution in [-0.2, 0) is 4.79 Å². The molecule has 4 aromatic rings. The van der Waals surface area contributed by atoms with Crippen LogP contribution in [0.4, 0.5) is 18.3 Å². The summed E-state index contributed by atoms with van der Waals surface area (Å²) in [6, 6.07) is 12.4. The maximum absolute atomic E-state index is 12.5. The SMILES string of the molecule is CC(=O)NC(C)C(Nc1nnc(-c2ccc3cnccc3c2)s1)c1ccc(OC(F)(F)F)cc1. The van der Waals surface area contributed by atoms with Gasteiger partial charge in [0.1, 0.15) is 10.8 Å². The molecule has 0 radical (unpaired) electrons. The predicted molar refractivity (Wildman–Crippen MR) is 123 cm³/mol. The van der Waals surface area contributed by atoms with E-state index >= 15 is 0 Å². The van der Waals surface area contributed by atoms with Crippen molar-refractivity contribution in [2.24, 2.45) is 0 Å². The average molecular weight is 488 g/mol. The molecule has 0 fully saturated rings. The number of benzene rings is 2. The summed E-state index contributed by atoms with van der Waals surface area (Å²) in [6.45, 7) is 3.19. The first kappa shape index (κ1) is 23.4. The van der Waals surface area contributed by atoms with E-state index in [1.165, 1.54) is 42.5 Å². The molecule has 2 aromatic heterocycles. The van der Waals surface area contributed by atoms with Crippen LogP contribution in [0.5, 0.6) is 5.75 Å². The molecule has 11 heteroatoms. The minimum absolute atomic E-state index is 0.236. The van der Waals surface area contributed by atoms with E-state index in [2.05, 4.69) is 30.6 Å². The second-order valence-electron chi connectivity index (χ2n) is 7.58. The van der Waals surface area contributed by atoms with Gasteiger partial charge in [-0.1, -0.05) is 35.6 Å². The van der Waals surface area contributed by atoms with Gasteiger partial charge in [0.05, 0.1) is 12.1 Å². The highest BCUT2D eigenvalue weighted by molar-refractivity contribution is 7.18. The monoisotopic (exact) mass is 487 g/mol. The minimum Gasteiger partial charge on any atom is -0.406 e. The van der Waals surface area contributed by atoms with E-state index in [4.69, 9.17) is 0 Å². The Labute approximate surface area is 197 Å². The first-order chi connectivity index (χ1) is 16.2. The third-order valence-corrected chi connectivity index (χ3v) is 5.90. The first-order valence-corrected chi connectivity index (χ1v) is 11.1. The second-order valence-corrected chi connectivity index (χ2v) is 8.56. The number of amides is 1. The van der Waals surface area contributed by atoms with E-state index in [0.717, 1.165) is 16.3 Å². The summed E-state index contributed by atoms with van der Waals surface area (Å²) in [5.74, 6) is -0.563. The molecule has 1 amide bonds.